The van der Waals surface area contributed by atoms with Gasteiger partial charge in [0.25, 0.3) is 0 Å². The molecule has 0 spiro atoms. The zero-order valence-corrected chi connectivity index (χ0v) is 33.6. The maximum Gasteiger partial charge on any atom is 0.453 e. The molecule has 1 amide bonds. The zero-order chi connectivity index (χ0) is 39.2. The molecule has 0 radical (unpaired) electrons. The van der Waals surface area contributed by atoms with Crippen LogP contribution in [-0.2, 0) is 22.4 Å². The number of rotatable bonds is 16. The molecule has 0 N–H and O–H groups in total. The summed E-state index contributed by atoms with van der Waals surface area (Å²) < 4.78 is 81.3. The van der Waals surface area contributed by atoms with Crippen LogP contribution in [0.15, 0.2) is 18.2 Å². The third kappa shape index (κ3) is 10.4. The molecule has 2 saturated heterocycles. The Kier molecular flexibility index (Phi) is 14.6. The second-order valence-electron chi connectivity index (χ2n) is 17.6. The molecule has 2 heterocycles. The van der Waals surface area contributed by atoms with Crippen LogP contribution in [0.2, 0.25) is 0 Å². The molecule has 1 aromatic carbocycles. The van der Waals surface area contributed by atoms with Gasteiger partial charge in [0.1, 0.15) is 23.0 Å². The number of likely N-dealkylation sites (tertiary alicyclic amines) is 2. The topological polar surface area (TPSA) is 72.9 Å². The molecule has 12 heteroatoms. The molecular formula is C43H63F5N2O4S. The number of amides is 1. The fraction of sp³-hybridized carbons (Fsp3) is 0.814. The van der Waals surface area contributed by atoms with Gasteiger partial charge in [0.2, 0.25) is 0 Å². The summed E-state index contributed by atoms with van der Waals surface area (Å²) in [5, 5.41) is 0. The van der Waals surface area contributed by atoms with E-state index in [2.05, 4.69) is 24.0 Å². The predicted octanol–water partition coefficient (Wildman–Crippen LogP) is 10.6. The number of ketones is 1. The molecule has 1 unspecified atom stereocenters. The molecule has 5 aliphatic rings. The minimum Gasteiger partial charge on any atom is -0.616 e. The van der Waals surface area contributed by atoms with Crippen molar-refractivity contribution in [2.75, 3.05) is 37.7 Å². The number of benzene rings is 1. The Morgan fingerprint density at radius 2 is 1.56 bits per heavy atom. The van der Waals surface area contributed by atoms with E-state index < -0.39 is 36.1 Å². The van der Waals surface area contributed by atoms with Crippen molar-refractivity contribution in [1.82, 2.24) is 9.80 Å². The minimum atomic E-state index is -5.56. The highest BCUT2D eigenvalue weighted by molar-refractivity contribution is 7.91. The Labute approximate surface area is 328 Å². The van der Waals surface area contributed by atoms with Crippen LogP contribution in [0.25, 0.3) is 0 Å². The van der Waals surface area contributed by atoms with Crippen LogP contribution in [0.3, 0.4) is 0 Å². The smallest absolute Gasteiger partial charge is 0.453 e. The number of alkyl halides is 5. The molecule has 6 rings (SSSR count). The number of halogens is 5. The van der Waals surface area contributed by atoms with E-state index in [0.717, 1.165) is 96.6 Å². The van der Waals surface area contributed by atoms with Gasteiger partial charge in [-0.15, -0.1) is 0 Å². The maximum atomic E-state index is 13.3. The summed E-state index contributed by atoms with van der Waals surface area (Å²) in [7, 11) is 0. The lowest BCUT2D eigenvalue weighted by Crippen LogP contribution is -2.48. The number of hydrogen-bond acceptors (Lipinski definition) is 5. The van der Waals surface area contributed by atoms with Gasteiger partial charge in [0, 0.05) is 37.4 Å². The number of carbonyl (C=O) groups is 2. The lowest BCUT2D eigenvalue weighted by molar-refractivity contribution is -0.284. The van der Waals surface area contributed by atoms with E-state index in [0.29, 0.717) is 59.8 Å². The van der Waals surface area contributed by atoms with E-state index in [1.165, 1.54) is 43.5 Å². The van der Waals surface area contributed by atoms with Crippen LogP contribution in [-0.4, -0.2) is 82.1 Å². The van der Waals surface area contributed by atoms with Crippen molar-refractivity contribution in [2.24, 2.45) is 23.2 Å². The van der Waals surface area contributed by atoms with Gasteiger partial charge in [-0.25, -0.2) is 4.79 Å². The first-order valence-electron chi connectivity index (χ1n) is 21.4. The van der Waals surface area contributed by atoms with Gasteiger partial charge in [0.15, 0.2) is 0 Å². The standard InChI is InChI=1S/C43H63F5N2O4S/c1-41-22-18-36-35-15-14-34(54-40(52)50-25-19-33(20-26-50)49-23-9-7-10-24-49)30-32(35)29-31(39(36)37(41)16-17-38(41)51)13-8-5-3-2-4-6-11-27-55(53)28-12-21-42(44,45)43(46,47)48/h14-15,30-31,33,36-37,39H,2-13,16-29H2,1H3/t31-,36-,37+,39-,41+,55?/m1/s1. The van der Waals surface area contributed by atoms with Gasteiger partial charge < -0.3 is 19.1 Å². The summed E-state index contributed by atoms with van der Waals surface area (Å²) in [6.07, 6.45) is 10.9. The Morgan fingerprint density at radius 1 is 0.891 bits per heavy atom. The van der Waals surface area contributed by atoms with Crippen molar-refractivity contribution in [1.29, 1.82) is 0 Å². The van der Waals surface area contributed by atoms with Gasteiger partial charge >= 0.3 is 18.2 Å². The Bertz CT molecular complexity index is 1430. The summed E-state index contributed by atoms with van der Waals surface area (Å²) in [6.45, 7) is 6.04. The van der Waals surface area contributed by atoms with E-state index >= 15 is 0 Å². The van der Waals surface area contributed by atoms with Gasteiger partial charge in [-0.1, -0.05) is 62.7 Å². The first kappa shape index (κ1) is 42.7. The average molecular weight is 799 g/mol. The SMILES string of the molecule is C[C@]12CC[C@@H]3c4ccc(OC(=O)N5CCC(N6CCCCC6)CC5)cc4C[C@@H](CCCCCCCCC[S+]([O-])CCCC(F)(F)C(F)(F)F)[C@H]3[C@@H]1CCC2=O. The van der Waals surface area contributed by atoms with Gasteiger partial charge in [0.05, 0.1) is 0 Å². The van der Waals surface area contributed by atoms with Crippen molar-refractivity contribution < 1.29 is 40.8 Å². The third-order valence-electron chi connectivity index (χ3n) is 14.1. The highest BCUT2D eigenvalue weighted by Crippen LogP contribution is 2.61. The summed E-state index contributed by atoms with van der Waals surface area (Å²) in [4.78, 5) is 30.9. The van der Waals surface area contributed by atoms with Crippen molar-refractivity contribution in [3.8, 4) is 5.75 Å². The molecule has 310 valence electrons. The maximum absolute atomic E-state index is 13.3. The van der Waals surface area contributed by atoms with Gasteiger partial charge in [-0.05, 0) is 137 Å². The molecule has 0 aromatic heterocycles. The van der Waals surface area contributed by atoms with Crippen LogP contribution in [0.5, 0.6) is 5.75 Å². The van der Waals surface area contributed by atoms with E-state index in [1.807, 2.05) is 11.0 Å². The first-order valence-corrected chi connectivity index (χ1v) is 22.9. The summed E-state index contributed by atoms with van der Waals surface area (Å²) in [6, 6.07) is 6.88. The summed E-state index contributed by atoms with van der Waals surface area (Å²) in [5.41, 5.74) is 2.45. The average Bonchev–Trinajstić information content (AvgIpc) is 3.47. The lowest BCUT2D eigenvalue weighted by atomic mass is 9.52. The van der Waals surface area contributed by atoms with E-state index in [1.54, 1.807) is 0 Å². The third-order valence-corrected chi connectivity index (χ3v) is 15.6. The van der Waals surface area contributed by atoms with Crippen LogP contribution in [0.4, 0.5) is 26.7 Å². The van der Waals surface area contributed by atoms with Gasteiger partial charge in [-0.2, -0.15) is 22.0 Å². The van der Waals surface area contributed by atoms with E-state index in [-0.39, 0.29) is 17.3 Å². The van der Waals surface area contributed by atoms with E-state index in [4.69, 9.17) is 4.74 Å². The number of fused-ring (bicyclic) bond motifs is 5. The van der Waals surface area contributed by atoms with Crippen molar-refractivity contribution in [3.63, 3.8) is 0 Å². The molecule has 1 aromatic rings. The Morgan fingerprint density at radius 3 is 2.27 bits per heavy atom. The second kappa shape index (κ2) is 18.8. The summed E-state index contributed by atoms with van der Waals surface area (Å²) >= 11 is -1.38. The van der Waals surface area contributed by atoms with Crippen molar-refractivity contribution in [3.05, 3.63) is 29.3 Å². The van der Waals surface area contributed by atoms with Crippen molar-refractivity contribution in [2.45, 2.75) is 159 Å². The molecular weight excluding hydrogens is 736 g/mol. The molecule has 2 saturated carbocycles. The minimum absolute atomic E-state index is 0.127. The molecule has 4 fully saturated rings. The predicted molar refractivity (Wildman–Crippen MR) is 206 cm³/mol. The highest BCUT2D eigenvalue weighted by atomic mass is 32.2. The lowest BCUT2D eigenvalue weighted by Gasteiger charge is -2.51. The van der Waals surface area contributed by atoms with Crippen LogP contribution < -0.4 is 4.74 Å². The van der Waals surface area contributed by atoms with Crippen LogP contribution in [0, 0.1) is 23.2 Å². The zero-order valence-electron chi connectivity index (χ0n) is 32.8. The Balaban J connectivity index is 0.960. The summed E-state index contributed by atoms with van der Waals surface area (Å²) in [5.74, 6) is -1.67. The number of ether oxygens (including phenoxy) is 1. The number of nitrogens with zero attached hydrogens (tertiary/aromatic N) is 2. The number of hydrogen-bond donors (Lipinski definition) is 0. The normalized spacial score (nSPS) is 28.4. The molecule has 2 aliphatic heterocycles. The quantitative estimate of drug-likeness (QED) is 0.0946. The van der Waals surface area contributed by atoms with Gasteiger partial charge in [-0.3, -0.25) is 4.79 Å². The second-order valence-corrected chi connectivity index (χ2v) is 19.3. The monoisotopic (exact) mass is 798 g/mol. The Hall–Kier alpha value is -1.92. The van der Waals surface area contributed by atoms with Crippen molar-refractivity contribution >= 4 is 23.1 Å². The fourth-order valence-corrected chi connectivity index (χ4v) is 12.2. The number of Topliss-reactive ketones (excluding diaryl/α,β-unsaturated/α-hetero) is 1. The molecule has 6 nitrogen and oxygen atoms in total. The molecule has 6 atom stereocenters. The molecule has 3 aliphatic carbocycles. The number of carbonyl (C=O) groups excluding carboxylic acids is 2. The largest absolute Gasteiger partial charge is 0.616 e. The van der Waals surface area contributed by atoms with Crippen LogP contribution >= 0.6 is 0 Å². The van der Waals surface area contributed by atoms with Crippen LogP contribution in [0.1, 0.15) is 146 Å². The van der Waals surface area contributed by atoms with E-state index in [9.17, 15) is 36.1 Å². The number of unbranched alkanes of at least 4 members (excludes halogenated alkanes) is 6. The first-order chi connectivity index (χ1) is 26.3. The highest BCUT2D eigenvalue weighted by Gasteiger charge is 2.57. The molecule has 0 bridgehead atoms. The molecule has 55 heavy (non-hydrogen) atoms. The fourth-order valence-electron chi connectivity index (χ4n) is 11.0. The number of piperidine rings is 2.